The fourth-order valence-electron chi connectivity index (χ4n) is 1.28. The quantitative estimate of drug-likeness (QED) is 0.654. The van der Waals surface area contributed by atoms with Crippen LogP contribution in [-0.4, -0.2) is 37.9 Å². The molecule has 98 valence electrons. The lowest BCUT2D eigenvalue weighted by atomic mass is 10.1. The smallest absolute Gasteiger partial charge is 0.148 e. The zero-order valence-electron chi connectivity index (χ0n) is 10.2. The van der Waals surface area contributed by atoms with Crippen LogP contribution in [0.25, 0.3) is 0 Å². The Morgan fingerprint density at radius 1 is 1.39 bits per heavy atom. The molecule has 0 spiro atoms. The highest BCUT2D eigenvalue weighted by atomic mass is 32.2. The molecule has 0 atom stereocenters. The van der Waals surface area contributed by atoms with Gasteiger partial charge in [0.2, 0.25) is 0 Å². The van der Waals surface area contributed by atoms with Gasteiger partial charge in [-0.25, -0.2) is 8.42 Å². The summed E-state index contributed by atoms with van der Waals surface area (Å²) in [6.45, 7) is -0.145. The van der Waals surface area contributed by atoms with Crippen LogP contribution in [0.3, 0.4) is 0 Å². The van der Waals surface area contributed by atoms with E-state index in [0.717, 1.165) is 16.9 Å². The van der Waals surface area contributed by atoms with Gasteiger partial charge in [0, 0.05) is 23.3 Å². The zero-order valence-corrected chi connectivity index (χ0v) is 11.9. The van der Waals surface area contributed by atoms with E-state index < -0.39 is 9.84 Å². The molecule has 5 heteroatoms. The standard InChI is InChI=1S/C13H16O3S2/c1-18(15,16)9-8-17-11-13-5-2-4-12(10-13)6-3-7-14/h2,4-5,10,14H,7-9,11H2,1H3. The predicted molar refractivity (Wildman–Crippen MR) is 76.3 cm³/mol. The van der Waals surface area contributed by atoms with Crippen LogP contribution in [0.4, 0.5) is 0 Å². The Morgan fingerprint density at radius 3 is 2.83 bits per heavy atom. The van der Waals surface area contributed by atoms with Crippen LogP contribution in [0.2, 0.25) is 0 Å². The Kier molecular flexibility index (Phi) is 6.27. The van der Waals surface area contributed by atoms with Crippen molar-refractivity contribution < 1.29 is 13.5 Å². The number of hydrogen-bond donors (Lipinski definition) is 1. The van der Waals surface area contributed by atoms with E-state index in [0.29, 0.717) is 5.75 Å². The van der Waals surface area contributed by atoms with Crippen molar-refractivity contribution >= 4 is 21.6 Å². The summed E-state index contributed by atoms with van der Waals surface area (Å²) >= 11 is 1.59. The summed E-state index contributed by atoms with van der Waals surface area (Å²) in [5.74, 6) is 7.02. The van der Waals surface area contributed by atoms with E-state index in [1.807, 2.05) is 24.3 Å². The van der Waals surface area contributed by atoms with Gasteiger partial charge in [-0.2, -0.15) is 11.8 Å². The first-order chi connectivity index (χ1) is 8.51. The maximum absolute atomic E-state index is 11.0. The number of aliphatic hydroxyl groups excluding tert-OH is 1. The van der Waals surface area contributed by atoms with Crippen LogP contribution in [0.1, 0.15) is 11.1 Å². The summed E-state index contributed by atoms with van der Waals surface area (Å²) in [6.07, 6.45) is 1.25. The van der Waals surface area contributed by atoms with Crippen LogP contribution in [0.5, 0.6) is 0 Å². The Balaban J connectivity index is 2.48. The fraction of sp³-hybridized carbons (Fsp3) is 0.385. The molecule has 0 aliphatic rings. The Labute approximate surface area is 113 Å². The maximum Gasteiger partial charge on any atom is 0.148 e. The number of aliphatic hydroxyl groups is 1. The lowest BCUT2D eigenvalue weighted by Crippen LogP contribution is -2.05. The molecule has 1 aromatic rings. The highest BCUT2D eigenvalue weighted by Gasteiger charge is 2.02. The van der Waals surface area contributed by atoms with Crippen molar-refractivity contribution in [3.05, 3.63) is 35.4 Å². The average Bonchev–Trinajstić information content (AvgIpc) is 2.31. The van der Waals surface area contributed by atoms with Gasteiger partial charge in [-0.05, 0) is 17.7 Å². The van der Waals surface area contributed by atoms with Crippen molar-refractivity contribution in [3.63, 3.8) is 0 Å². The fourth-order valence-corrected chi connectivity index (χ4v) is 3.52. The third kappa shape index (κ3) is 6.70. The molecule has 0 amide bonds. The van der Waals surface area contributed by atoms with Gasteiger partial charge >= 0.3 is 0 Å². The molecule has 18 heavy (non-hydrogen) atoms. The van der Waals surface area contributed by atoms with Gasteiger partial charge in [-0.1, -0.05) is 24.0 Å². The van der Waals surface area contributed by atoms with Crippen LogP contribution in [0.15, 0.2) is 24.3 Å². The molecule has 1 rings (SSSR count). The summed E-state index contributed by atoms with van der Waals surface area (Å²) in [5.41, 5.74) is 1.98. The van der Waals surface area contributed by atoms with E-state index >= 15 is 0 Å². The lowest BCUT2D eigenvalue weighted by Gasteiger charge is -2.02. The van der Waals surface area contributed by atoms with Gasteiger partial charge in [0.25, 0.3) is 0 Å². The Hall–Kier alpha value is -0.960. The van der Waals surface area contributed by atoms with E-state index in [-0.39, 0.29) is 12.4 Å². The second-order valence-corrected chi connectivity index (χ2v) is 7.21. The number of benzene rings is 1. The van der Waals surface area contributed by atoms with E-state index in [4.69, 9.17) is 5.11 Å². The number of sulfone groups is 1. The normalized spacial score (nSPS) is 10.8. The SMILES string of the molecule is CS(=O)(=O)CCSCc1cccc(C#CCO)c1. The second kappa shape index (κ2) is 7.47. The minimum absolute atomic E-state index is 0.145. The van der Waals surface area contributed by atoms with Gasteiger partial charge < -0.3 is 5.11 Å². The van der Waals surface area contributed by atoms with Crippen molar-refractivity contribution in [2.75, 3.05) is 24.4 Å². The van der Waals surface area contributed by atoms with E-state index in [1.165, 1.54) is 6.26 Å². The topological polar surface area (TPSA) is 54.4 Å². The van der Waals surface area contributed by atoms with Crippen molar-refractivity contribution in [2.24, 2.45) is 0 Å². The summed E-state index contributed by atoms with van der Waals surface area (Å²) in [4.78, 5) is 0. The van der Waals surface area contributed by atoms with Crippen molar-refractivity contribution in [3.8, 4) is 11.8 Å². The monoisotopic (exact) mass is 284 g/mol. The summed E-state index contributed by atoms with van der Waals surface area (Å²) in [5, 5.41) is 8.61. The van der Waals surface area contributed by atoms with Gasteiger partial charge in [-0.3, -0.25) is 0 Å². The minimum atomic E-state index is -2.87. The van der Waals surface area contributed by atoms with Gasteiger partial charge in [-0.15, -0.1) is 0 Å². The van der Waals surface area contributed by atoms with E-state index in [2.05, 4.69) is 11.8 Å². The molecule has 1 N–H and O–H groups in total. The largest absolute Gasteiger partial charge is 0.384 e. The minimum Gasteiger partial charge on any atom is -0.384 e. The van der Waals surface area contributed by atoms with E-state index in [9.17, 15) is 8.42 Å². The van der Waals surface area contributed by atoms with Crippen LogP contribution in [0, 0.1) is 11.8 Å². The highest BCUT2D eigenvalue weighted by Crippen LogP contribution is 2.13. The van der Waals surface area contributed by atoms with Gasteiger partial charge in [0.1, 0.15) is 16.4 Å². The summed E-state index contributed by atoms with van der Waals surface area (Å²) in [6, 6.07) is 7.73. The molecule has 3 nitrogen and oxygen atoms in total. The third-order valence-electron chi connectivity index (χ3n) is 2.11. The number of hydrogen-bond acceptors (Lipinski definition) is 4. The molecule has 0 radical (unpaired) electrons. The van der Waals surface area contributed by atoms with Crippen molar-refractivity contribution in [1.82, 2.24) is 0 Å². The molecule has 0 saturated carbocycles. The second-order valence-electron chi connectivity index (χ2n) is 3.84. The molecule has 0 aromatic heterocycles. The lowest BCUT2D eigenvalue weighted by molar-refractivity contribution is 0.350. The first kappa shape index (κ1) is 15.1. The molecule has 0 unspecified atom stereocenters. The van der Waals surface area contributed by atoms with Crippen LogP contribution < -0.4 is 0 Å². The zero-order chi connectivity index (χ0) is 13.4. The highest BCUT2D eigenvalue weighted by molar-refractivity contribution is 7.99. The number of rotatable bonds is 5. The molecular formula is C13H16O3S2. The van der Waals surface area contributed by atoms with Crippen LogP contribution in [-0.2, 0) is 15.6 Å². The summed E-state index contributed by atoms with van der Waals surface area (Å²) in [7, 11) is -2.87. The first-order valence-electron chi connectivity index (χ1n) is 5.45. The van der Waals surface area contributed by atoms with E-state index in [1.54, 1.807) is 11.8 Å². The van der Waals surface area contributed by atoms with Crippen LogP contribution >= 0.6 is 11.8 Å². The molecule has 0 aliphatic heterocycles. The van der Waals surface area contributed by atoms with Gasteiger partial charge in [0.05, 0.1) is 5.75 Å². The average molecular weight is 284 g/mol. The Morgan fingerprint density at radius 2 is 2.17 bits per heavy atom. The molecule has 0 heterocycles. The third-order valence-corrected chi connectivity index (χ3v) is 4.34. The van der Waals surface area contributed by atoms with Crippen molar-refractivity contribution in [2.45, 2.75) is 5.75 Å². The van der Waals surface area contributed by atoms with Crippen molar-refractivity contribution in [1.29, 1.82) is 0 Å². The molecular weight excluding hydrogens is 268 g/mol. The van der Waals surface area contributed by atoms with Gasteiger partial charge in [0.15, 0.2) is 0 Å². The first-order valence-corrected chi connectivity index (χ1v) is 8.67. The Bertz CT molecular complexity index is 539. The molecule has 0 fully saturated rings. The predicted octanol–water partition coefficient (Wildman–Crippen LogP) is 1.31. The molecule has 0 saturated heterocycles. The maximum atomic E-state index is 11.0. The summed E-state index contributed by atoms with van der Waals surface area (Å²) < 4.78 is 21.9. The number of thioether (sulfide) groups is 1. The molecule has 0 aliphatic carbocycles. The molecule has 0 bridgehead atoms. The molecule has 1 aromatic carbocycles.